The number of nitrogen functional groups attached to an aromatic ring is 1. The fraction of sp³-hybridized carbons (Fsp3) is 0. The molecule has 1 heterocycles. The number of hydrogen-bond acceptors (Lipinski definition) is 3. The Labute approximate surface area is 117 Å². The molecule has 0 radical (unpaired) electrons. The summed E-state index contributed by atoms with van der Waals surface area (Å²) in [5, 5.41) is 4.08. The Morgan fingerprint density at radius 1 is 1.18 bits per heavy atom. The van der Waals surface area contributed by atoms with Crippen molar-refractivity contribution in [3.63, 3.8) is 0 Å². The molecule has 2 rings (SSSR count). The maximum absolute atomic E-state index is 5.90. The molecule has 0 fully saturated rings. The number of nitrogens with two attached hydrogens (primary N) is 1. The van der Waals surface area contributed by atoms with E-state index in [1.165, 1.54) is 0 Å². The number of hydrogen-bond donors (Lipinski definition) is 2. The van der Waals surface area contributed by atoms with Crippen molar-refractivity contribution in [1.29, 1.82) is 0 Å². The van der Waals surface area contributed by atoms with Gasteiger partial charge in [-0.15, -0.1) is 0 Å². The van der Waals surface area contributed by atoms with Crippen molar-refractivity contribution < 1.29 is 0 Å². The molecule has 0 aliphatic rings. The third-order valence-electron chi connectivity index (χ3n) is 2.01. The lowest BCUT2D eigenvalue weighted by Crippen LogP contribution is -1.96. The van der Waals surface area contributed by atoms with Gasteiger partial charge < -0.3 is 11.1 Å². The van der Waals surface area contributed by atoms with E-state index in [1.54, 1.807) is 18.2 Å². The average molecular weight is 333 g/mol. The molecule has 1 aromatic heterocycles. The molecule has 0 saturated heterocycles. The highest BCUT2D eigenvalue weighted by Crippen LogP contribution is 2.27. The summed E-state index contributed by atoms with van der Waals surface area (Å²) in [5.41, 5.74) is 7.07. The number of nitrogens with zero attached hydrogens (tertiary/aromatic N) is 1. The molecule has 17 heavy (non-hydrogen) atoms. The van der Waals surface area contributed by atoms with E-state index in [0.717, 1.165) is 10.2 Å². The van der Waals surface area contributed by atoms with Crippen LogP contribution in [0.4, 0.5) is 17.2 Å². The summed E-state index contributed by atoms with van der Waals surface area (Å²) < 4.78 is 0.805. The molecule has 0 saturated carbocycles. The lowest BCUT2D eigenvalue weighted by molar-refractivity contribution is 1.31. The maximum Gasteiger partial charge on any atom is 0.134 e. The van der Waals surface area contributed by atoms with Crippen LogP contribution >= 0.6 is 39.1 Å². The van der Waals surface area contributed by atoms with Gasteiger partial charge in [-0.1, -0.05) is 23.2 Å². The van der Waals surface area contributed by atoms with Gasteiger partial charge in [-0.3, -0.25) is 0 Å². The Morgan fingerprint density at radius 2 is 1.94 bits per heavy atom. The molecule has 0 amide bonds. The molecule has 6 heteroatoms. The Morgan fingerprint density at radius 3 is 2.59 bits per heavy atom. The number of pyridine rings is 1. The molecule has 2 aromatic rings. The van der Waals surface area contributed by atoms with Gasteiger partial charge in [0.1, 0.15) is 11.0 Å². The summed E-state index contributed by atoms with van der Waals surface area (Å²) >= 11 is 15.1. The molecule has 0 spiro atoms. The van der Waals surface area contributed by atoms with Crippen molar-refractivity contribution in [2.45, 2.75) is 0 Å². The molecular weight excluding hydrogens is 325 g/mol. The first kappa shape index (κ1) is 12.5. The molecule has 0 unspecified atom stereocenters. The van der Waals surface area contributed by atoms with E-state index in [-0.39, 0.29) is 0 Å². The van der Waals surface area contributed by atoms with Gasteiger partial charge >= 0.3 is 0 Å². The topological polar surface area (TPSA) is 50.9 Å². The molecule has 3 nitrogen and oxygen atoms in total. The van der Waals surface area contributed by atoms with Gasteiger partial charge in [-0.2, -0.15) is 0 Å². The van der Waals surface area contributed by atoms with Gasteiger partial charge in [0.15, 0.2) is 0 Å². The maximum atomic E-state index is 5.90. The second-order valence-corrected chi connectivity index (χ2v) is 5.01. The van der Waals surface area contributed by atoms with E-state index in [9.17, 15) is 0 Å². The van der Waals surface area contributed by atoms with E-state index in [1.807, 2.05) is 12.1 Å². The minimum Gasteiger partial charge on any atom is -0.399 e. The van der Waals surface area contributed by atoms with Gasteiger partial charge in [0.2, 0.25) is 0 Å². The summed E-state index contributed by atoms with van der Waals surface area (Å²) in [6.45, 7) is 0. The van der Waals surface area contributed by atoms with E-state index < -0.39 is 0 Å². The standard InChI is InChI=1S/C11H8BrCl2N3/c12-8-5-7(1-2-9(8)13)16-11-4-6(15)3-10(14)17-11/h1-5H,(H3,15,16,17). The van der Waals surface area contributed by atoms with Crippen molar-refractivity contribution in [3.05, 3.63) is 45.0 Å². The summed E-state index contributed by atoms with van der Waals surface area (Å²) in [7, 11) is 0. The highest BCUT2D eigenvalue weighted by Gasteiger charge is 2.02. The zero-order valence-corrected chi connectivity index (χ0v) is 11.6. The van der Waals surface area contributed by atoms with Crippen LogP contribution in [0.5, 0.6) is 0 Å². The zero-order valence-electron chi connectivity index (χ0n) is 8.55. The average Bonchev–Trinajstić information content (AvgIpc) is 2.22. The number of halogens is 3. The van der Waals surface area contributed by atoms with Crippen LogP contribution in [-0.2, 0) is 0 Å². The highest BCUT2D eigenvalue weighted by atomic mass is 79.9. The minimum absolute atomic E-state index is 0.348. The number of rotatable bonds is 2. The third-order valence-corrected chi connectivity index (χ3v) is 3.42. The van der Waals surface area contributed by atoms with Crippen LogP contribution in [-0.4, -0.2) is 4.98 Å². The zero-order chi connectivity index (χ0) is 12.4. The van der Waals surface area contributed by atoms with Crippen molar-refractivity contribution >= 4 is 56.3 Å². The van der Waals surface area contributed by atoms with Gasteiger partial charge in [0.25, 0.3) is 0 Å². The highest BCUT2D eigenvalue weighted by molar-refractivity contribution is 9.10. The monoisotopic (exact) mass is 331 g/mol. The Balaban J connectivity index is 2.28. The molecular formula is C11H8BrCl2N3. The quantitative estimate of drug-likeness (QED) is 0.797. The predicted molar refractivity (Wildman–Crippen MR) is 76.1 cm³/mol. The molecule has 0 atom stereocenters. The number of benzene rings is 1. The number of anilines is 3. The van der Waals surface area contributed by atoms with Gasteiger partial charge in [0.05, 0.1) is 5.02 Å². The smallest absolute Gasteiger partial charge is 0.134 e. The molecule has 0 aliphatic heterocycles. The molecule has 88 valence electrons. The fourth-order valence-corrected chi connectivity index (χ4v) is 2.02. The van der Waals surface area contributed by atoms with Crippen LogP contribution in [0.3, 0.4) is 0 Å². The van der Waals surface area contributed by atoms with Gasteiger partial charge in [0, 0.05) is 21.9 Å². The van der Waals surface area contributed by atoms with Crippen LogP contribution in [0.2, 0.25) is 10.2 Å². The first-order valence-corrected chi connectivity index (χ1v) is 6.24. The van der Waals surface area contributed by atoms with Crippen LogP contribution in [0.25, 0.3) is 0 Å². The van der Waals surface area contributed by atoms with Crippen LogP contribution in [0, 0.1) is 0 Å². The van der Waals surface area contributed by atoms with E-state index >= 15 is 0 Å². The first-order valence-electron chi connectivity index (χ1n) is 4.70. The SMILES string of the molecule is Nc1cc(Cl)nc(Nc2ccc(Cl)c(Br)c2)c1. The van der Waals surface area contributed by atoms with Crippen molar-refractivity contribution in [2.75, 3.05) is 11.1 Å². The normalized spacial score (nSPS) is 10.3. The molecule has 0 aliphatic carbocycles. The Kier molecular flexibility index (Phi) is 3.76. The van der Waals surface area contributed by atoms with Crippen LogP contribution in [0.15, 0.2) is 34.8 Å². The van der Waals surface area contributed by atoms with Crippen LogP contribution in [0.1, 0.15) is 0 Å². The van der Waals surface area contributed by atoms with Crippen LogP contribution < -0.4 is 11.1 Å². The summed E-state index contributed by atoms with van der Waals surface area (Å²) in [4.78, 5) is 4.11. The van der Waals surface area contributed by atoms with E-state index in [2.05, 4.69) is 26.2 Å². The summed E-state index contributed by atoms with van der Waals surface area (Å²) in [6, 6.07) is 8.76. The largest absolute Gasteiger partial charge is 0.399 e. The first-order chi connectivity index (χ1) is 8.04. The number of nitrogens with one attached hydrogen (secondary N) is 1. The summed E-state index contributed by atoms with van der Waals surface area (Å²) in [5.74, 6) is 0.587. The molecule has 3 N–H and O–H groups in total. The predicted octanol–water partition coefficient (Wildman–Crippen LogP) is 4.48. The van der Waals surface area contributed by atoms with Gasteiger partial charge in [-0.25, -0.2) is 4.98 Å². The minimum atomic E-state index is 0.348. The second-order valence-electron chi connectivity index (χ2n) is 3.36. The van der Waals surface area contributed by atoms with Crippen molar-refractivity contribution in [3.8, 4) is 0 Å². The molecule has 0 bridgehead atoms. The second kappa shape index (κ2) is 5.12. The van der Waals surface area contributed by atoms with Crippen molar-refractivity contribution in [2.24, 2.45) is 0 Å². The number of aromatic nitrogens is 1. The van der Waals surface area contributed by atoms with Crippen molar-refractivity contribution in [1.82, 2.24) is 4.98 Å². The fourth-order valence-electron chi connectivity index (χ4n) is 1.30. The van der Waals surface area contributed by atoms with Gasteiger partial charge in [-0.05, 0) is 40.2 Å². The lowest BCUT2D eigenvalue weighted by atomic mass is 10.3. The summed E-state index contributed by atoms with van der Waals surface area (Å²) in [6.07, 6.45) is 0. The third kappa shape index (κ3) is 3.25. The lowest BCUT2D eigenvalue weighted by Gasteiger charge is -2.07. The van der Waals surface area contributed by atoms with E-state index in [0.29, 0.717) is 21.7 Å². The van der Waals surface area contributed by atoms with E-state index in [4.69, 9.17) is 28.9 Å². The Hall–Kier alpha value is -0.970. The Bertz CT molecular complexity index is 540. The molecule has 1 aromatic carbocycles.